The molecule has 0 radical (unpaired) electrons. The van der Waals surface area contributed by atoms with Crippen molar-refractivity contribution in [2.45, 2.75) is 52.4 Å². The van der Waals surface area contributed by atoms with Crippen molar-refractivity contribution in [3.05, 3.63) is 86.8 Å². The van der Waals surface area contributed by atoms with Crippen LogP contribution in [0.4, 0.5) is 0 Å². The molecular weight excluding hydrogens is 552 g/mol. The SMILES string of the molecule is CC(C)(C)c1ccc(-c2nc(-c3ccc(C(C)(C)C)cc3)[o+]c(-c3cc(Br)cc(Br)c3)n2)cc1. The Morgan fingerprint density at radius 3 is 1.41 bits per heavy atom. The first-order valence-electron chi connectivity index (χ1n) is 11.3. The van der Waals surface area contributed by atoms with E-state index in [1.54, 1.807) is 0 Å². The maximum absolute atomic E-state index is 6.26. The van der Waals surface area contributed by atoms with Gasteiger partial charge < -0.3 is 0 Å². The predicted octanol–water partition coefficient (Wildman–Crippen LogP) is 9.47. The number of aromatic nitrogens is 2. The standard InChI is InChI=1S/C29H29Br2N2O/c1-28(2,3)21-11-7-18(8-12-21)25-32-26(19-9-13-22(14-10-19)29(4,5)6)34-27(33-25)20-15-23(30)17-24(31)16-20/h7-17H,1-6H3/q+1. The van der Waals surface area contributed by atoms with Gasteiger partial charge in [0.1, 0.15) is 11.1 Å². The molecule has 0 bridgehead atoms. The number of benzene rings is 3. The first kappa shape index (κ1) is 24.7. The molecule has 34 heavy (non-hydrogen) atoms. The third kappa shape index (κ3) is 5.64. The highest BCUT2D eigenvalue weighted by Crippen LogP contribution is 2.33. The molecule has 0 spiro atoms. The maximum atomic E-state index is 6.26. The van der Waals surface area contributed by atoms with Gasteiger partial charge in [0, 0.05) is 14.5 Å². The fourth-order valence-electron chi connectivity index (χ4n) is 3.64. The van der Waals surface area contributed by atoms with E-state index < -0.39 is 0 Å². The summed E-state index contributed by atoms with van der Waals surface area (Å²) in [5.41, 5.74) is 5.42. The Hall–Kier alpha value is -2.37. The molecule has 0 saturated carbocycles. The molecule has 0 N–H and O–H groups in total. The van der Waals surface area contributed by atoms with Gasteiger partial charge in [-0.05, 0) is 52.3 Å². The van der Waals surface area contributed by atoms with E-state index >= 15 is 0 Å². The van der Waals surface area contributed by atoms with Crippen LogP contribution in [-0.2, 0) is 10.8 Å². The Balaban J connectivity index is 1.86. The van der Waals surface area contributed by atoms with Gasteiger partial charge in [-0.15, -0.1) is 9.97 Å². The van der Waals surface area contributed by atoms with Crippen LogP contribution >= 0.6 is 31.9 Å². The molecule has 0 unspecified atom stereocenters. The predicted molar refractivity (Wildman–Crippen MR) is 148 cm³/mol. The summed E-state index contributed by atoms with van der Waals surface area (Å²) in [4.78, 5) is 9.64. The van der Waals surface area contributed by atoms with Gasteiger partial charge in [0.15, 0.2) is 5.82 Å². The van der Waals surface area contributed by atoms with Gasteiger partial charge in [0.2, 0.25) is 0 Å². The third-order valence-corrected chi connectivity index (χ3v) is 6.64. The third-order valence-electron chi connectivity index (χ3n) is 5.72. The molecule has 4 aromatic rings. The van der Waals surface area contributed by atoms with Gasteiger partial charge in [-0.3, -0.25) is 0 Å². The summed E-state index contributed by atoms with van der Waals surface area (Å²) in [5, 5.41) is 0. The Labute approximate surface area is 219 Å². The van der Waals surface area contributed by atoms with E-state index in [2.05, 4.69) is 122 Å². The number of hydrogen-bond donors (Lipinski definition) is 0. The van der Waals surface area contributed by atoms with Crippen LogP contribution in [0.1, 0.15) is 52.7 Å². The molecule has 1 aromatic heterocycles. The maximum Gasteiger partial charge on any atom is 0.464 e. The fraction of sp³-hybridized carbons (Fsp3) is 0.276. The van der Waals surface area contributed by atoms with Gasteiger partial charge in [-0.25, -0.2) is 0 Å². The average molecular weight is 581 g/mol. The second-order valence-electron chi connectivity index (χ2n) is 10.6. The van der Waals surface area contributed by atoms with Crippen molar-refractivity contribution in [1.29, 1.82) is 0 Å². The number of rotatable bonds is 3. The van der Waals surface area contributed by atoms with E-state index in [1.807, 2.05) is 18.2 Å². The van der Waals surface area contributed by atoms with E-state index in [0.29, 0.717) is 17.6 Å². The lowest BCUT2D eigenvalue weighted by molar-refractivity contribution is 0.540. The van der Waals surface area contributed by atoms with Crippen molar-refractivity contribution in [2.24, 2.45) is 0 Å². The molecule has 0 aliphatic carbocycles. The van der Waals surface area contributed by atoms with E-state index in [9.17, 15) is 0 Å². The lowest BCUT2D eigenvalue weighted by Gasteiger charge is -2.19. The molecule has 174 valence electrons. The molecule has 0 aliphatic heterocycles. The number of hydrogen-bond acceptors (Lipinski definition) is 2. The highest BCUT2D eigenvalue weighted by Gasteiger charge is 2.26. The van der Waals surface area contributed by atoms with Crippen LogP contribution in [0, 0.1) is 0 Å². The van der Waals surface area contributed by atoms with Crippen LogP contribution in [0.2, 0.25) is 0 Å². The summed E-state index contributed by atoms with van der Waals surface area (Å²) < 4.78 is 8.15. The summed E-state index contributed by atoms with van der Waals surface area (Å²) in [5.74, 6) is 1.69. The zero-order chi connectivity index (χ0) is 24.7. The highest BCUT2D eigenvalue weighted by molar-refractivity contribution is 9.11. The molecule has 5 heteroatoms. The zero-order valence-corrected chi connectivity index (χ0v) is 23.6. The number of halogens is 2. The Kier molecular flexibility index (Phi) is 6.80. The molecule has 0 amide bonds. The monoisotopic (exact) mass is 579 g/mol. The zero-order valence-electron chi connectivity index (χ0n) is 20.4. The molecule has 0 aliphatic rings. The van der Waals surface area contributed by atoms with Crippen LogP contribution in [0.3, 0.4) is 0 Å². The smallest absolute Gasteiger partial charge is 0.166 e. The van der Waals surface area contributed by atoms with Crippen LogP contribution < -0.4 is 0 Å². The minimum absolute atomic E-state index is 0.0784. The van der Waals surface area contributed by atoms with E-state index in [-0.39, 0.29) is 10.8 Å². The second kappa shape index (κ2) is 9.35. The minimum atomic E-state index is 0.0784. The molecule has 3 nitrogen and oxygen atoms in total. The van der Waals surface area contributed by atoms with Crippen molar-refractivity contribution in [3.8, 4) is 34.3 Å². The second-order valence-corrected chi connectivity index (χ2v) is 12.4. The van der Waals surface area contributed by atoms with E-state index in [4.69, 9.17) is 14.4 Å². The molecule has 3 aromatic carbocycles. The number of nitrogens with zero attached hydrogens (tertiary/aromatic N) is 2. The van der Waals surface area contributed by atoms with E-state index in [1.165, 1.54) is 11.1 Å². The summed E-state index contributed by atoms with van der Waals surface area (Å²) in [6.07, 6.45) is 0. The van der Waals surface area contributed by atoms with Crippen LogP contribution in [0.15, 0.2) is 80.1 Å². The summed E-state index contributed by atoms with van der Waals surface area (Å²) >= 11 is 7.15. The van der Waals surface area contributed by atoms with Crippen molar-refractivity contribution in [3.63, 3.8) is 0 Å². The average Bonchev–Trinajstić information content (AvgIpc) is 2.77. The van der Waals surface area contributed by atoms with Crippen molar-refractivity contribution >= 4 is 31.9 Å². The molecule has 0 fully saturated rings. The normalized spacial score (nSPS) is 12.1. The quantitative estimate of drug-likeness (QED) is 0.226. The van der Waals surface area contributed by atoms with Gasteiger partial charge >= 0.3 is 11.8 Å². The Bertz CT molecular complexity index is 1220. The largest absolute Gasteiger partial charge is 0.464 e. The molecule has 0 atom stereocenters. The van der Waals surface area contributed by atoms with Crippen molar-refractivity contribution in [2.75, 3.05) is 0 Å². The molecule has 0 saturated heterocycles. The van der Waals surface area contributed by atoms with Gasteiger partial charge in [0.05, 0.1) is 0 Å². The summed E-state index contributed by atoms with van der Waals surface area (Å²) in [6.45, 7) is 13.3. The van der Waals surface area contributed by atoms with Crippen LogP contribution in [0.5, 0.6) is 0 Å². The first-order valence-corrected chi connectivity index (χ1v) is 12.9. The lowest BCUT2D eigenvalue weighted by Crippen LogP contribution is -2.10. The van der Waals surface area contributed by atoms with Crippen LogP contribution in [0.25, 0.3) is 34.3 Å². The van der Waals surface area contributed by atoms with Gasteiger partial charge in [-0.1, -0.05) is 110 Å². The summed E-state index contributed by atoms with van der Waals surface area (Å²) in [6, 6.07) is 22.9. The van der Waals surface area contributed by atoms with Crippen LogP contribution in [-0.4, -0.2) is 9.97 Å². The Morgan fingerprint density at radius 1 is 0.559 bits per heavy atom. The van der Waals surface area contributed by atoms with Gasteiger partial charge in [0.25, 0.3) is 0 Å². The lowest BCUT2D eigenvalue weighted by atomic mass is 9.86. The fourth-order valence-corrected chi connectivity index (χ4v) is 4.93. The first-order chi connectivity index (χ1) is 15.9. The molecular formula is C29H29Br2N2O+. The molecule has 4 rings (SSSR count). The van der Waals surface area contributed by atoms with Gasteiger partial charge in [-0.2, -0.15) is 4.42 Å². The van der Waals surface area contributed by atoms with Crippen molar-refractivity contribution < 1.29 is 4.42 Å². The summed E-state index contributed by atoms with van der Waals surface area (Å²) in [7, 11) is 0. The van der Waals surface area contributed by atoms with Crippen molar-refractivity contribution in [1.82, 2.24) is 9.97 Å². The molecule has 1 heterocycles. The van der Waals surface area contributed by atoms with E-state index in [0.717, 1.165) is 25.6 Å². The minimum Gasteiger partial charge on any atom is -0.166 e. The topological polar surface area (TPSA) is 37.1 Å². The highest BCUT2D eigenvalue weighted by atomic mass is 79.9. The Morgan fingerprint density at radius 2 is 0.971 bits per heavy atom.